The highest BCUT2D eigenvalue weighted by Crippen LogP contribution is 2.38. The molecule has 0 saturated carbocycles. The van der Waals surface area contributed by atoms with E-state index in [0.29, 0.717) is 6.07 Å². The number of hydrogen-bond donors (Lipinski definition) is 1. The molecule has 0 atom stereocenters. The summed E-state index contributed by atoms with van der Waals surface area (Å²) in [5, 5.41) is 8.70. The SMILES string of the molecule is CC(C)(CC(=O)O)Sc1cc(F)cc(C(F)(F)F)c1. The van der Waals surface area contributed by atoms with Crippen molar-refractivity contribution < 1.29 is 27.5 Å². The molecule has 1 rings (SSSR count). The highest BCUT2D eigenvalue weighted by molar-refractivity contribution is 8.00. The first-order valence-electron chi connectivity index (χ1n) is 5.28. The quantitative estimate of drug-likeness (QED) is 0.668. The van der Waals surface area contributed by atoms with E-state index in [-0.39, 0.29) is 11.3 Å². The van der Waals surface area contributed by atoms with Crippen LogP contribution >= 0.6 is 11.8 Å². The first-order valence-corrected chi connectivity index (χ1v) is 6.10. The summed E-state index contributed by atoms with van der Waals surface area (Å²) in [6.07, 6.45) is -4.87. The standard InChI is InChI=1S/C12H12F4O2S/c1-11(2,6-10(17)18)19-9-4-7(12(14,15)16)3-8(13)5-9/h3-5H,6H2,1-2H3,(H,17,18). The lowest BCUT2D eigenvalue weighted by atomic mass is 10.1. The van der Waals surface area contributed by atoms with Crippen LogP contribution in [0.15, 0.2) is 23.1 Å². The fourth-order valence-electron chi connectivity index (χ4n) is 1.50. The third-order valence-electron chi connectivity index (χ3n) is 2.17. The molecule has 0 aliphatic heterocycles. The second-order valence-electron chi connectivity index (χ2n) is 4.61. The lowest BCUT2D eigenvalue weighted by molar-refractivity contribution is -0.138. The Morgan fingerprint density at radius 2 is 1.84 bits per heavy atom. The second kappa shape index (κ2) is 5.40. The van der Waals surface area contributed by atoms with Crippen molar-refractivity contribution in [2.75, 3.05) is 0 Å². The van der Waals surface area contributed by atoms with Gasteiger partial charge < -0.3 is 5.11 Å². The Morgan fingerprint density at radius 3 is 2.32 bits per heavy atom. The minimum atomic E-state index is -4.63. The van der Waals surface area contributed by atoms with E-state index in [1.54, 1.807) is 13.8 Å². The molecule has 1 aromatic rings. The minimum Gasteiger partial charge on any atom is -0.481 e. The van der Waals surface area contributed by atoms with E-state index >= 15 is 0 Å². The number of aliphatic carboxylic acids is 1. The van der Waals surface area contributed by atoms with E-state index < -0.39 is 28.3 Å². The van der Waals surface area contributed by atoms with Gasteiger partial charge >= 0.3 is 12.1 Å². The van der Waals surface area contributed by atoms with E-state index in [4.69, 9.17) is 5.11 Å². The monoisotopic (exact) mass is 296 g/mol. The molecule has 0 amide bonds. The predicted octanol–water partition coefficient (Wildman–Crippen LogP) is 4.19. The van der Waals surface area contributed by atoms with Crippen molar-refractivity contribution in [2.45, 2.75) is 36.1 Å². The highest BCUT2D eigenvalue weighted by Gasteiger charge is 2.32. The van der Waals surface area contributed by atoms with Crippen molar-refractivity contribution in [3.63, 3.8) is 0 Å². The van der Waals surface area contributed by atoms with Crippen LogP contribution in [0.25, 0.3) is 0 Å². The lowest BCUT2D eigenvalue weighted by Crippen LogP contribution is -2.19. The third-order valence-corrected chi connectivity index (χ3v) is 3.34. The molecule has 0 saturated heterocycles. The number of hydrogen-bond acceptors (Lipinski definition) is 2. The van der Waals surface area contributed by atoms with Gasteiger partial charge in [-0.2, -0.15) is 13.2 Å². The molecule has 0 unspecified atom stereocenters. The van der Waals surface area contributed by atoms with Gasteiger partial charge in [-0.1, -0.05) is 0 Å². The van der Waals surface area contributed by atoms with Crippen molar-refractivity contribution in [2.24, 2.45) is 0 Å². The largest absolute Gasteiger partial charge is 0.481 e. The molecule has 19 heavy (non-hydrogen) atoms. The molecule has 106 valence electrons. The molecule has 0 aliphatic carbocycles. The van der Waals surface area contributed by atoms with Gasteiger partial charge in [0.25, 0.3) is 0 Å². The van der Waals surface area contributed by atoms with Crippen LogP contribution in [0.4, 0.5) is 17.6 Å². The van der Waals surface area contributed by atoms with Crippen LogP contribution in [0.2, 0.25) is 0 Å². The first-order chi connectivity index (χ1) is 8.49. The van der Waals surface area contributed by atoms with Crippen LogP contribution in [-0.2, 0) is 11.0 Å². The van der Waals surface area contributed by atoms with Crippen molar-refractivity contribution >= 4 is 17.7 Å². The number of rotatable bonds is 4. The van der Waals surface area contributed by atoms with E-state index in [2.05, 4.69) is 0 Å². The molecule has 1 N–H and O–H groups in total. The van der Waals surface area contributed by atoms with Gasteiger partial charge in [-0.25, -0.2) is 4.39 Å². The molecule has 7 heteroatoms. The Hall–Kier alpha value is -1.24. The molecule has 0 aromatic heterocycles. The number of carbonyl (C=O) groups is 1. The van der Waals surface area contributed by atoms with Gasteiger partial charge in [0.05, 0.1) is 12.0 Å². The molecule has 1 aromatic carbocycles. The van der Waals surface area contributed by atoms with Crippen LogP contribution in [0.5, 0.6) is 0 Å². The summed E-state index contributed by atoms with van der Waals surface area (Å²) in [4.78, 5) is 10.7. The number of thioether (sulfide) groups is 1. The lowest BCUT2D eigenvalue weighted by Gasteiger charge is -2.22. The zero-order valence-corrected chi connectivity index (χ0v) is 11.0. The Labute approximate surface area is 111 Å². The number of carboxylic acid groups (broad SMARTS) is 1. The summed E-state index contributed by atoms with van der Waals surface area (Å²) >= 11 is 0.898. The molecule has 0 aliphatic rings. The topological polar surface area (TPSA) is 37.3 Å². The molecule has 0 heterocycles. The smallest absolute Gasteiger partial charge is 0.416 e. The molecule has 0 fully saturated rings. The summed E-state index contributed by atoms with van der Waals surface area (Å²) in [5.41, 5.74) is -1.08. The Kier molecular flexibility index (Phi) is 4.50. The van der Waals surface area contributed by atoms with Gasteiger partial charge in [-0.15, -0.1) is 11.8 Å². The van der Waals surface area contributed by atoms with Gasteiger partial charge in [-0.3, -0.25) is 4.79 Å². The Bertz CT molecular complexity index is 483. The molecular weight excluding hydrogens is 284 g/mol. The fraction of sp³-hybridized carbons (Fsp3) is 0.417. The summed E-state index contributed by atoms with van der Waals surface area (Å²) in [5.74, 6) is -2.06. The number of benzene rings is 1. The van der Waals surface area contributed by atoms with Crippen LogP contribution in [-0.4, -0.2) is 15.8 Å². The number of alkyl halides is 3. The molecule has 0 radical (unpaired) electrons. The highest BCUT2D eigenvalue weighted by atomic mass is 32.2. The third kappa shape index (κ3) is 5.10. The maximum absolute atomic E-state index is 13.2. The molecular formula is C12H12F4O2S. The Morgan fingerprint density at radius 1 is 1.26 bits per heavy atom. The van der Waals surface area contributed by atoms with E-state index in [1.807, 2.05) is 0 Å². The van der Waals surface area contributed by atoms with Crippen molar-refractivity contribution in [1.29, 1.82) is 0 Å². The van der Waals surface area contributed by atoms with E-state index in [1.165, 1.54) is 0 Å². The van der Waals surface area contributed by atoms with Crippen molar-refractivity contribution in [1.82, 2.24) is 0 Å². The van der Waals surface area contributed by atoms with Crippen molar-refractivity contribution in [3.8, 4) is 0 Å². The van der Waals surface area contributed by atoms with Gasteiger partial charge in [0.1, 0.15) is 5.82 Å². The maximum atomic E-state index is 13.2. The second-order valence-corrected chi connectivity index (χ2v) is 6.39. The maximum Gasteiger partial charge on any atom is 0.416 e. The molecule has 0 bridgehead atoms. The molecule has 0 spiro atoms. The summed E-state index contributed by atoms with van der Waals surface area (Å²) < 4.78 is 49.9. The number of carboxylic acids is 1. The van der Waals surface area contributed by atoms with Gasteiger partial charge in [0.2, 0.25) is 0 Å². The van der Waals surface area contributed by atoms with Crippen molar-refractivity contribution in [3.05, 3.63) is 29.6 Å². The summed E-state index contributed by atoms with van der Waals surface area (Å²) in [6.45, 7) is 3.15. The summed E-state index contributed by atoms with van der Waals surface area (Å²) in [6, 6.07) is 2.19. The fourth-order valence-corrected chi connectivity index (χ4v) is 2.70. The van der Waals surface area contributed by atoms with Crippen LogP contribution in [0.1, 0.15) is 25.8 Å². The van der Waals surface area contributed by atoms with Crippen LogP contribution < -0.4 is 0 Å². The summed E-state index contributed by atoms with van der Waals surface area (Å²) in [7, 11) is 0. The number of halogens is 4. The average Bonchev–Trinajstić information content (AvgIpc) is 2.11. The van der Waals surface area contributed by atoms with Crippen LogP contribution in [0.3, 0.4) is 0 Å². The van der Waals surface area contributed by atoms with Crippen LogP contribution in [0, 0.1) is 5.82 Å². The van der Waals surface area contributed by atoms with E-state index in [0.717, 1.165) is 23.9 Å². The predicted molar refractivity (Wildman–Crippen MR) is 63.6 cm³/mol. The molecule has 2 nitrogen and oxygen atoms in total. The zero-order valence-electron chi connectivity index (χ0n) is 10.2. The normalized spacial score (nSPS) is 12.5. The van der Waals surface area contributed by atoms with Gasteiger partial charge in [0.15, 0.2) is 0 Å². The first kappa shape index (κ1) is 15.8. The van der Waals surface area contributed by atoms with Gasteiger partial charge in [-0.05, 0) is 32.0 Å². The zero-order chi connectivity index (χ0) is 14.8. The van der Waals surface area contributed by atoms with Gasteiger partial charge in [0, 0.05) is 9.64 Å². The van der Waals surface area contributed by atoms with E-state index in [9.17, 15) is 22.4 Å². The average molecular weight is 296 g/mol. The minimum absolute atomic E-state index is 0.0542. The Balaban J connectivity index is 3.02.